The zero-order valence-electron chi connectivity index (χ0n) is 12.4. The van der Waals surface area contributed by atoms with Crippen molar-refractivity contribution in [3.8, 4) is 0 Å². The molecule has 0 atom stereocenters. The summed E-state index contributed by atoms with van der Waals surface area (Å²) in [6.07, 6.45) is 0. The van der Waals surface area contributed by atoms with Crippen LogP contribution in [0.15, 0.2) is 11.1 Å². The Balaban J connectivity index is 3.05. The van der Waals surface area contributed by atoms with E-state index in [0.717, 1.165) is 13.1 Å². The molecule has 1 heterocycles. The number of hydrogen-bond acceptors (Lipinski definition) is 1. The lowest BCUT2D eigenvalue weighted by Gasteiger charge is -2.28. The Labute approximate surface area is 102 Å². The number of rotatable bonds is 1. The van der Waals surface area contributed by atoms with E-state index in [0.29, 0.717) is 16.9 Å². The minimum Gasteiger partial charge on any atom is -0.293 e. The van der Waals surface area contributed by atoms with Crippen molar-refractivity contribution in [1.82, 2.24) is 4.90 Å². The summed E-state index contributed by atoms with van der Waals surface area (Å²) in [5, 5.41) is 0. The lowest BCUT2D eigenvalue weighted by molar-refractivity contribution is 0.264. The summed E-state index contributed by atoms with van der Waals surface area (Å²) in [6.45, 7) is 21.0. The molecule has 16 heavy (non-hydrogen) atoms. The van der Waals surface area contributed by atoms with Crippen molar-refractivity contribution in [2.45, 2.75) is 61.4 Å². The zero-order chi connectivity index (χ0) is 12.7. The van der Waals surface area contributed by atoms with Crippen molar-refractivity contribution in [3.05, 3.63) is 11.1 Å². The molecule has 1 nitrogen and oxygen atoms in total. The molecule has 0 fully saturated rings. The van der Waals surface area contributed by atoms with E-state index in [1.807, 2.05) is 0 Å². The van der Waals surface area contributed by atoms with Crippen LogP contribution in [0, 0.1) is 10.8 Å². The molecule has 1 rings (SSSR count). The molecule has 0 aromatic rings. The van der Waals surface area contributed by atoms with Gasteiger partial charge in [0.2, 0.25) is 0 Å². The van der Waals surface area contributed by atoms with Gasteiger partial charge in [-0.3, -0.25) is 4.90 Å². The smallest absolute Gasteiger partial charge is 0.0207 e. The Bertz CT molecular complexity index is 258. The molecule has 1 heteroatoms. The largest absolute Gasteiger partial charge is 0.293 e. The quantitative estimate of drug-likeness (QED) is 0.605. The van der Waals surface area contributed by atoms with Gasteiger partial charge in [0, 0.05) is 19.1 Å². The van der Waals surface area contributed by atoms with Crippen molar-refractivity contribution < 1.29 is 0 Å². The monoisotopic (exact) mass is 223 g/mol. The van der Waals surface area contributed by atoms with Crippen LogP contribution < -0.4 is 0 Å². The van der Waals surface area contributed by atoms with Gasteiger partial charge < -0.3 is 0 Å². The Morgan fingerprint density at radius 3 is 1.31 bits per heavy atom. The van der Waals surface area contributed by atoms with E-state index >= 15 is 0 Å². The molecule has 0 bridgehead atoms. The van der Waals surface area contributed by atoms with E-state index < -0.39 is 0 Å². The van der Waals surface area contributed by atoms with E-state index in [9.17, 15) is 0 Å². The summed E-state index contributed by atoms with van der Waals surface area (Å²) >= 11 is 0. The molecular weight excluding hydrogens is 194 g/mol. The molecule has 0 aromatic heterocycles. The van der Waals surface area contributed by atoms with Gasteiger partial charge in [-0.1, -0.05) is 41.5 Å². The van der Waals surface area contributed by atoms with E-state index in [4.69, 9.17) is 0 Å². The normalized spacial score (nSPS) is 20.1. The highest BCUT2D eigenvalue weighted by Gasteiger charge is 2.35. The Morgan fingerprint density at radius 1 is 0.812 bits per heavy atom. The summed E-state index contributed by atoms with van der Waals surface area (Å²) in [4.78, 5) is 2.58. The van der Waals surface area contributed by atoms with Gasteiger partial charge in [-0.05, 0) is 35.8 Å². The molecule has 0 spiro atoms. The highest BCUT2D eigenvalue weighted by molar-refractivity contribution is 5.31. The standard InChI is InChI=1S/C15H29N/c1-11(2)16-9-12(14(3,4)5)13(10-16)15(6,7)8/h11H,9-10H2,1-8H3. The summed E-state index contributed by atoms with van der Waals surface area (Å²) in [7, 11) is 0. The van der Waals surface area contributed by atoms with Gasteiger partial charge in [-0.2, -0.15) is 0 Å². The molecule has 0 aliphatic carbocycles. The fourth-order valence-electron chi connectivity index (χ4n) is 2.40. The molecule has 0 amide bonds. The molecule has 1 aliphatic heterocycles. The molecule has 0 unspecified atom stereocenters. The van der Waals surface area contributed by atoms with Gasteiger partial charge in [0.05, 0.1) is 0 Å². The van der Waals surface area contributed by atoms with Crippen molar-refractivity contribution in [1.29, 1.82) is 0 Å². The summed E-state index contributed by atoms with van der Waals surface area (Å²) in [5.41, 5.74) is 3.95. The number of nitrogens with zero attached hydrogens (tertiary/aromatic N) is 1. The van der Waals surface area contributed by atoms with Crippen LogP contribution in [0.5, 0.6) is 0 Å². The fraction of sp³-hybridized carbons (Fsp3) is 0.867. The van der Waals surface area contributed by atoms with Gasteiger partial charge in [0.1, 0.15) is 0 Å². The zero-order valence-corrected chi connectivity index (χ0v) is 12.4. The highest BCUT2D eigenvalue weighted by Crippen LogP contribution is 2.41. The SMILES string of the molecule is CC(C)N1CC(C(C)(C)C)=C(C(C)(C)C)C1. The van der Waals surface area contributed by atoms with E-state index in [1.165, 1.54) is 0 Å². The van der Waals surface area contributed by atoms with Gasteiger partial charge in [0.15, 0.2) is 0 Å². The van der Waals surface area contributed by atoms with E-state index in [1.54, 1.807) is 11.1 Å². The third kappa shape index (κ3) is 2.88. The van der Waals surface area contributed by atoms with Gasteiger partial charge >= 0.3 is 0 Å². The molecule has 0 saturated carbocycles. The minimum absolute atomic E-state index is 0.312. The lowest BCUT2D eigenvalue weighted by Crippen LogP contribution is -2.30. The first kappa shape index (κ1) is 13.8. The maximum atomic E-state index is 2.58. The first-order valence-electron chi connectivity index (χ1n) is 6.50. The van der Waals surface area contributed by atoms with Crippen LogP contribution in [0.3, 0.4) is 0 Å². The van der Waals surface area contributed by atoms with Crippen LogP contribution in [-0.4, -0.2) is 24.0 Å². The second-order valence-electron chi connectivity index (χ2n) is 7.46. The molecule has 94 valence electrons. The van der Waals surface area contributed by atoms with Gasteiger partial charge in [0.25, 0.3) is 0 Å². The maximum absolute atomic E-state index is 2.58. The number of hydrogen-bond donors (Lipinski definition) is 0. The van der Waals surface area contributed by atoms with Gasteiger partial charge in [-0.25, -0.2) is 0 Å². The molecule has 1 aliphatic rings. The van der Waals surface area contributed by atoms with Crippen LogP contribution in [0.2, 0.25) is 0 Å². The predicted octanol–water partition coefficient (Wildman–Crippen LogP) is 4.10. The molecule has 0 saturated heterocycles. The highest BCUT2D eigenvalue weighted by atomic mass is 15.2. The third-order valence-corrected chi connectivity index (χ3v) is 3.63. The fourth-order valence-corrected chi connectivity index (χ4v) is 2.40. The van der Waals surface area contributed by atoms with Crippen molar-refractivity contribution in [3.63, 3.8) is 0 Å². The summed E-state index contributed by atoms with van der Waals surface area (Å²) in [6, 6.07) is 0.650. The van der Waals surface area contributed by atoms with Crippen LogP contribution in [0.4, 0.5) is 0 Å². The second-order valence-corrected chi connectivity index (χ2v) is 7.46. The van der Waals surface area contributed by atoms with E-state index in [2.05, 4.69) is 60.3 Å². The summed E-state index contributed by atoms with van der Waals surface area (Å²) < 4.78 is 0. The molecule has 0 radical (unpaired) electrons. The third-order valence-electron chi connectivity index (χ3n) is 3.63. The summed E-state index contributed by atoms with van der Waals surface area (Å²) in [5.74, 6) is 0. The van der Waals surface area contributed by atoms with Crippen molar-refractivity contribution in [2.24, 2.45) is 10.8 Å². The van der Waals surface area contributed by atoms with Crippen LogP contribution in [0.1, 0.15) is 55.4 Å². The van der Waals surface area contributed by atoms with Crippen LogP contribution in [-0.2, 0) is 0 Å². The van der Waals surface area contributed by atoms with Crippen LogP contribution in [0.25, 0.3) is 0 Å². The predicted molar refractivity (Wildman–Crippen MR) is 72.6 cm³/mol. The lowest BCUT2D eigenvalue weighted by atomic mass is 9.76. The first-order valence-corrected chi connectivity index (χ1v) is 6.50. The van der Waals surface area contributed by atoms with Gasteiger partial charge in [-0.15, -0.1) is 0 Å². The molecule has 0 aromatic carbocycles. The average Bonchev–Trinajstić information content (AvgIpc) is 2.44. The average molecular weight is 223 g/mol. The topological polar surface area (TPSA) is 3.24 Å². The Hall–Kier alpha value is -0.300. The van der Waals surface area contributed by atoms with Crippen molar-refractivity contribution >= 4 is 0 Å². The molecular formula is C15H29N. The Morgan fingerprint density at radius 2 is 1.12 bits per heavy atom. The minimum atomic E-state index is 0.312. The molecule has 0 N–H and O–H groups in total. The van der Waals surface area contributed by atoms with Crippen LogP contribution >= 0.6 is 0 Å². The first-order chi connectivity index (χ1) is 7.03. The second kappa shape index (κ2) is 4.18. The Kier molecular flexibility index (Phi) is 3.59. The van der Waals surface area contributed by atoms with Crippen molar-refractivity contribution in [2.75, 3.05) is 13.1 Å². The maximum Gasteiger partial charge on any atom is 0.0207 e. The van der Waals surface area contributed by atoms with E-state index in [-0.39, 0.29) is 0 Å².